The first-order valence-corrected chi connectivity index (χ1v) is 7.13. The number of nitrogens with zero attached hydrogens (tertiary/aromatic N) is 1. The molecule has 1 aliphatic heterocycles. The van der Waals surface area contributed by atoms with Crippen LogP contribution in [0.5, 0.6) is 5.75 Å². The van der Waals surface area contributed by atoms with Gasteiger partial charge in [-0.1, -0.05) is 22.0 Å². The van der Waals surface area contributed by atoms with Crippen LogP contribution in [0.4, 0.5) is 13.2 Å². The van der Waals surface area contributed by atoms with Crippen LogP contribution in [0, 0.1) is 0 Å². The van der Waals surface area contributed by atoms with Gasteiger partial charge in [0.05, 0.1) is 0 Å². The zero-order chi connectivity index (χ0) is 14.8. The van der Waals surface area contributed by atoms with E-state index in [1.807, 2.05) is 0 Å². The summed E-state index contributed by atoms with van der Waals surface area (Å²) in [6.45, 7) is 4.96. The molecule has 0 spiro atoms. The van der Waals surface area contributed by atoms with Gasteiger partial charge in [0.15, 0.2) is 0 Å². The van der Waals surface area contributed by atoms with E-state index in [4.69, 9.17) is 0 Å². The third-order valence-corrected chi connectivity index (χ3v) is 3.59. The lowest BCUT2D eigenvalue weighted by Crippen LogP contribution is -2.48. The van der Waals surface area contributed by atoms with Crippen LogP contribution in [0.15, 0.2) is 22.7 Å². The Morgan fingerprint density at radius 1 is 1.45 bits per heavy atom. The van der Waals surface area contributed by atoms with Gasteiger partial charge < -0.3 is 10.1 Å². The molecule has 20 heavy (non-hydrogen) atoms. The van der Waals surface area contributed by atoms with Gasteiger partial charge in [-0.15, -0.1) is 13.2 Å². The van der Waals surface area contributed by atoms with E-state index in [2.05, 4.69) is 37.8 Å². The Kier molecular flexibility index (Phi) is 4.93. The number of piperazine rings is 1. The van der Waals surface area contributed by atoms with Gasteiger partial charge in [-0.05, 0) is 19.1 Å². The van der Waals surface area contributed by atoms with Gasteiger partial charge >= 0.3 is 6.36 Å². The van der Waals surface area contributed by atoms with E-state index in [0.717, 1.165) is 19.6 Å². The smallest absolute Gasteiger partial charge is 0.405 e. The highest BCUT2D eigenvalue weighted by Gasteiger charge is 2.32. The van der Waals surface area contributed by atoms with Crippen LogP contribution >= 0.6 is 15.9 Å². The lowest BCUT2D eigenvalue weighted by atomic mass is 10.1. The van der Waals surface area contributed by atoms with Crippen molar-refractivity contribution < 1.29 is 17.9 Å². The maximum absolute atomic E-state index is 12.4. The molecule has 7 heteroatoms. The number of hydrogen-bond donors (Lipinski definition) is 1. The van der Waals surface area contributed by atoms with Crippen LogP contribution in [0.1, 0.15) is 12.5 Å². The molecule has 1 aliphatic rings. The summed E-state index contributed by atoms with van der Waals surface area (Å²) >= 11 is 3.17. The Hall–Kier alpha value is -0.790. The summed E-state index contributed by atoms with van der Waals surface area (Å²) in [6.07, 6.45) is -4.67. The second-order valence-electron chi connectivity index (χ2n) is 4.89. The van der Waals surface area contributed by atoms with Crippen molar-refractivity contribution in [2.75, 3.05) is 19.6 Å². The minimum Gasteiger partial charge on any atom is -0.405 e. The minimum atomic E-state index is -4.67. The van der Waals surface area contributed by atoms with Crippen LogP contribution in [-0.2, 0) is 6.54 Å². The number of ether oxygens (including phenoxy) is 1. The standard InChI is InChI=1S/C13H16BrF3N2O/c1-9-7-19(5-4-18-9)8-10-2-3-11(14)6-12(10)20-13(15,16)17/h2-3,6,9,18H,4-5,7-8H2,1H3/t9-/m0/s1. The summed E-state index contributed by atoms with van der Waals surface area (Å²) in [5.41, 5.74) is 0.541. The van der Waals surface area contributed by atoms with Crippen LogP contribution < -0.4 is 10.1 Å². The summed E-state index contributed by atoms with van der Waals surface area (Å²) in [5, 5.41) is 3.30. The van der Waals surface area contributed by atoms with Crippen molar-refractivity contribution in [3.63, 3.8) is 0 Å². The molecule has 0 saturated carbocycles. The van der Waals surface area contributed by atoms with Gasteiger partial charge in [0, 0.05) is 42.3 Å². The fourth-order valence-corrected chi connectivity index (χ4v) is 2.62. The van der Waals surface area contributed by atoms with E-state index >= 15 is 0 Å². The lowest BCUT2D eigenvalue weighted by molar-refractivity contribution is -0.275. The quantitative estimate of drug-likeness (QED) is 0.904. The molecule has 3 nitrogen and oxygen atoms in total. The fourth-order valence-electron chi connectivity index (χ4n) is 2.28. The molecule has 0 unspecified atom stereocenters. The molecule has 1 aromatic carbocycles. The molecular weight excluding hydrogens is 337 g/mol. The molecule has 1 saturated heterocycles. The van der Waals surface area contributed by atoms with Gasteiger partial charge in [-0.2, -0.15) is 0 Å². The minimum absolute atomic E-state index is 0.141. The number of alkyl halides is 3. The Labute approximate surface area is 124 Å². The monoisotopic (exact) mass is 352 g/mol. The van der Waals surface area contributed by atoms with Crippen LogP contribution in [-0.4, -0.2) is 36.9 Å². The molecule has 0 amide bonds. The third-order valence-electron chi connectivity index (χ3n) is 3.10. The van der Waals surface area contributed by atoms with Gasteiger partial charge in [0.2, 0.25) is 0 Å². The highest BCUT2D eigenvalue weighted by Crippen LogP contribution is 2.30. The van der Waals surface area contributed by atoms with E-state index < -0.39 is 6.36 Å². The Morgan fingerprint density at radius 2 is 2.20 bits per heavy atom. The van der Waals surface area contributed by atoms with Crippen LogP contribution in [0.2, 0.25) is 0 Å². The number of rotatable bonds is 3. The van der Waals surface area contributed by atoms with Gasteiger partial charge in [-0.3, -0.25) is 4.90 Å². The molecule has 0 aromatic heterocycles. The van der Waals surface area contributed by atoms with Crippen molar-refractivity contribution in [3.05, 3.63) is 28.2 Å². The molecule has 1 heterocycles. The molecule has 1 N–H and O–H groups in total. The highest BCUT2D eigenvalue weighted by atomic mass is 79.9. The van der Waals surface area contributed by atoms with Crippen molar-refractivity contribution in [2.45, 2.75) is 25.9 Å². The van der Waals surface area contributed by atoms with Crippen molar-refractivity contribution >= 4 is 15.9 Å². The topological polar surface area (TPSA) is 24.5 Å². The average Bonchev–Trinajstić information content (AvgIpc) is 2.31. The summed E-state index contributed by atoms with van der Waals surface area (Å²) in [4.78, 5) is 2.12. The van der Waals surface area contributed by atoms with Crippen molar-refractivity contribution in [3.8, 4) is 5.75 Å². The summed E-state index contributed by atoms with van der Waals surface area (Å²) < 4.78 is 42.0. The number of halogens is 4. The van der Waals surface area contributed by atoms with Crippen molar-refractivity contribution in [1.29, 1.82) is 0 Å². The Morgan fingerprint density at radius 3 is 2.85 bits per heavy atom. The zero-order valence-electron chi connectivity index (χ0n) is 11.0. The molecule has 0 aliphatic carbocycles. The normalized spacial score (nSPS) is 20.9. The summed E-state index contributed by atoms with van der Waals surface area (Å²) in [7, 11) is 0. The Bertz CT molecular complexity index is 467. The van der Waals surface area contributed by atoms with E-state index in [1.165, 1.54) is 6.07 Å². The first-order valence-electron chi connectivity index (χ1n) is 6.33. The third kappa shape index (κ3) is 4.64. The molecule has 1 atom stereocenters. The summed E-state index contributed by atoms with van der Waals surface area (Å²) in [6, 6.07) is 5.09. The second-order valence-corrected chi connectivity index (χ2v) is 5.81. The summed E-state index contributed by atoms with van der Waals surface area (Å²) in [5.74, 6) is -0.141. The van der Waals surface area contributed by atoms with Gasteiger partial charge in [-0.25, -0.2) is 0 Å². The molecule has 112 valence electrons. The fraction of sp³-hybridized carbons (Fsp3) is 0.538. The molecule has 0 bridgehead atoms. The zero-order valence-corrected chi connectivity index (χ0v) is 12.6. The Balaban J connectivity index is 2.13. The average molecular weight is 353 g/mol. The predicted molar refractivity (Wildman–Crippen MR) is 73.6 cm³/mol. The number of benzene rings is 1. The van der Waals surface area contributed by atoms with Crippen molar-refractivity contribution in [2.24, 2.45) is 0 Å². The van der Waals surface area contributed by atoms with Crippen molar-refractivity contribution in [1.82, 2.24) is 10.2 Å². The lowest BCUT2D eigenvalue weighted by Gasteiger charge is -2.32. The highest BCUT2D eigenvalue weighted by molar-refractivity contribution is 9.10. The molecule has 1 aromatic rings. The largest absolute Gasteiger partial charge is 0.573 e. The SMILES string of the molecule is C[C@H]1CN(Cc2ccc(Br)cc2OC(F)(F)F)CCN1. The molecule has 0 radical (unpaired) electrons. The second kappa shape index (κ2) is 6.32. The first-order chi connectivity index (χ1) is 9.33. The first kappa shape index (κ1) is 15.6. The number of nitrogens with one attached hydrogen (secondary N) is 1. The van der Waals surface area contributed by atoms with Crippen LogP contribution in [0.3, 0.4) is 0 Å². The maximum Gasteiger partial charge on any atom is 0.573 e. The maximum atomic E-state index is 12.4. The van der Waals surface area contributed by atoms with E-state index in [0.29, 0.717) is 22.6 Å². The van der Waals surface area contributed by atoms with Crippen LogP contribution in [0.25, 0.3) is 0 Å². The van der Waals surface area contributed by atoms with Gasteiger partial charge in [0.1, 0.15) is 5.75 Å². The predicted octanol–water partition coefficient (Wildman–Crippen LogP) is 3.14. The molecule has 1 fully saturated rings. The molecular formula is C13H16BrF3N2O. The molecule has 2 rings (SSSR count). The number of hydrogen-bond acceptors (Lipinski definition) is 3. The van der Waals surface area contributed by atoms with E-state index in [1.54, 1.807) is 12.1 Å². The van der Waals surface area contributed by atoms with E-state index in [-0.39, 0.29) is 5.75 Å². The van der Waals surface area contributed by atoms with E-state index in [9.17, 15) is 13.2 Å². The van der Waals surface area contributed by atoms with Gasteiger partial charge in [0.25, 0.3) is 0 Å².